The van der Waals surface area contributed by atoms with E-state index in [9.17, 15) is 9.59 Å². The van der Waals surface area contributed by atoms with Crippen LogP contribution in [-0.4, -0.2) is 17.1 Å². The largest absolute Gasteiger partial charge is 0.463 e. The van der Waals surface area contributed by atoms with Crippen molar-refractivity contribution < 1.29 is 9.53 Å². The highest BCUT2D eigenvalue weighted by molar-refractivity contribution is 7.07. The fourth-order valence-corrected chi connectivity index (χ4v) is 4.85. The van der Waals surface area contributed by atoms with Crippen molar-refractivity contribution >= 4 is 35.0 Å². The second-order valence-electron chi connectivity index (χ2n) is 7.27. The first kappa shape index (κ1) is 21.3. The first-order valence-electron chi connectivity index (χ1n) is 9.91. The summed E-state index contributed by atoms with van der Waals surface area (Å²) in [6.07, 6.45) is 1.80. The Morgan fingerprint density at radius 3 is 2.65 bits per heavy atom. The topological polar surface area (TPSA) is 60.7 Å². The lowest BCUT2D eigenvalue weighted by Gasteiger charge is -2.24. The lowest BCUT2D eigenvalue weighted by Crippen LogP contribution is -2.39. The third-order valence-electron chi connectivity index (χ3n) is 5.06. The van der Waals surface area contributed by atoms with E-state index >= 15 is 0 Å². The van der Waals surface area contributed by atoms with Gasteiger partial charge in [-0.05, 0) is 50.1 Å². The van der Waals surface area contributed by atoms with Gasteiger partial charge in [0, 0.05) is 5.02 Å². The van der Waals surface area contributed by atoms with E-state index in [1.807, 2.05) is 43.3 Å². The van der Waals surface area contributed by atoms with Gasteiger partial charge < -0.3 is 4.74 Å². The van der Waals surface area contributed by atoms with Gasteiger partial charge in [0.15, 0.2) is 4.80 Å². The number of rotatable bonds is 4. The summed E-state index contributed by atoms with van der Waals surface area (Å²) in [4.78, 5) is 31.4. The van der Waals surface area contributed by atoms with Crippen molar-refractivity contribution in [3.8, 4) is 0 Å². The lowest BCUT2D eigenvalue weighted by molar-refractivity contribution is -0.139. The van der Waals surface area contributed by atoms with E-state index in [4.69, 9.17) is 16.3 Å². The summed E-state index contributed by atoms with van der Waals surface area (Å²) in [6.45, 7) is 5.78. The highest BCUT2D eigenvalue weighted by Gasteiger charge is 2.33. The molecule has 5 nitrogen and oxygen atoms in total. The molecule has 1 aromatic heterocycles. The van der Waals surface area contributed by atoms with Gasteiger partial charge in [-0.15, -0.1) is 0 Å². The number of aromatic nitrogens is 1. The van der Waals surface area contributed by atoms with Crippen LogP contribution in [0, 0.1) is 6.92 Å². The molecule has 4 rings (SSSR count). The van der Waals surface area contributed by atoms with E-state index in [2.05, 4.69) is 4.99 Å². The number of hydrogen-bond donors (Lipinski definition) is 0. The van der Waals surface area contributed by atoms with Gasteiger partial charge in [-0.3, -0.25) is 9.36 Å². The number of aryl methyl sites for hydroxylation is 1. The number of allylic oxidation sites excluding steroid dienone is 1. The lowest BCUT2D eigenvalue weighted by atomic mass is 9.95. The van der Waals surface area contributed by atoms with Crippen LogP contribution in [0.15, 0.2) is 69.6 Å². The normalized spacial score (nSPS) is 16.1. The smallest absolute Gasteiger partial charge is 0.338 e. The fraction of sp³-hybridized carbons (Fsp3) is 0.208. The molecule has 1 atom stereocenters. The Balaban J connectivity index is 1.96. The van der Waals surface area contributed by atoms with Crippen molar-refractivity contribution in [2.24, 2.45) is 4.99 Å². The van der Waals surface area contributed by atoms with Gasteiger partial charge in [-0.1, -0.05) is 64.9 Å². The molecule has 0 amide bonds. The molecule has 0 aliphatic carbocycles. The molecule has 0 bridgehead atoms. The van der Waals surface area contributed by atoms with Crippen LogP contribution < -0.4 is 14.9 Å². The van der Waals surface area contributed by atoms with Gasteiger partial charge in [0.1, 0.15) is 0 Å². The van der Waals surface area contributed by atoms with Crippen LogP contribution in [0.3, 0.4) is 0 Å². The van der Waals surface area contributed by atoms with Crippen molar-refractivity contribution in [3.63, 3.8) is 0 Å². The van der Waals surface area contributed by atoms with E-state index in [-0.39, 0.29) is 12.2 Å². The molecule has 3 aromatic rings. The molecule has 158 valence electrons. The third-order valence-corrected chi connectivity index (χ3v) is 6.27. The Morgan fingerprint density at radius 1 is 1.23 bits per heavy atom. The van der Waals surface area contributed by atoms with Crippen LogP contribution in [0.2, 0.25) is 5.02 Å². The number of hydrogen-bond acceptors (Lipinski definition) is 5. The molecule has 31 heavy (non-hydrogen) atoms. The number of esters is 1. The zero-order valence-electron chi connectivity index (χ0n) is 17.4. The number of ether oxygens (including phenoxy) is 1. The molecule has 0 radical (unpaired) electrons. The maximum absolute atomic E-state index is 13.5. The maximum atomic E-state index is 13.5. The van der Waals surface area contributed by atoms with Gasteiger partial charge >= 0.3 is 5.97 Å². The van der Waals surface area contributed by atoms with Gasteiger partial charge in [-0.25, -0.2) is 9.79 Å². The Labute approximate surface area is 188 Å². The second-order valence-corrected chi connectivity index (χ2v) is 8.71. The molecule has 0 saturated heterocycles. The Morgan fingerprint density at radius 2 is 1.97 bits per heavy atom. The van der Waals surface area contributed by atoms with Crippen LogP contribution >= 0.6 is 22.9 Å². The van der Waals surface area contributed by atoms with Gasteiger partial charge in [0.05, 0.1) is 28.5 Å². The average Bonchev–Trinajstić information content (AvgIpc) is 3.02. The Bertz CT molecular complexity index is 1370. The summed E-state index contributed by atoms with van der Waals surface area (Å²) >= 11 is 7.39. The number of fused-ring (bicyclic) bond motifs is 1. The predicted molar refractivity (Wildman–Crippen MR) is 123 cm³/mol. The monoisotopic (exact) mass is 452 g/mol. The van der Waals surface area contributed by atoms with Crippen molar-refractivity contribution in [1.29, 1.82) is 0 Å². The van der Waals surface area contributed by atoms with Gasteiger partial charge in [0.25, 0.3) is 5.56 Å². The van der Waals surface area contributed by atoms with Crippen molar-refractivity contribution in [2.45, 2.75) is 26.8 Å². The molecule has 0 fully saturated rings. The summed E-state index contributed by atoms with van der Waals surface area (Å²) in [7, 11) is 0. The summed E-state index contributed by atoms with van der Waals surface area (Å²) in [5, 5.41) is 0.597. The number of thiazole rings is 1. The molecule has 1 aliphatic rings. The zero-order valence-corrected chi connectivity index (χ0v) is 19.0. The first-order valence-corrected chi connectivity index (χ1v) is 11.1. The number of halogens is 1. The number of carbonyl (C=O) groups is 1. The second kappa shape index (κ2) is 8.65. The van der Waals surface area contributed by atoms with Crippen molar-refractivity contribution in [3.05, 3.63) is 101 Å². The third kappa shape index (κ3) is 4.13. The summed E-state index contributed by atoms with van der Waals surface area (Å²) in [5.74, 6) is -0.460. The van der Waals surface area contributed by atoms with Crippen molar-refractivity contribution in [1.82, 2.24) is 4.57 Å². The number of carbonyl (C=O) groups excluding carboxylic acids is 1. The fourth-order valence-electron chi connectivity index (χ4n) is 3.60. The minimum atomic E-state index is -0.600. The molecule has 0 N–H and O–H groups in total. The van der Waals surface area contributed by atoms with Gasteiger partial charge in [0.2, 0.25) is 0 Å². The average molecular weight is 453 g/mol. The molecule has 2 aromatic carbocycles. The molecular formula is C24H21ClN2O3S. The van der Waals surface area contributed by atoms with Crippen molar-refractivity contribution in [2.75, 3.05) is 6.61 Å². The predicted octanol–water partition coefficient (Wildman–Crippen LogP) is 3.76. The molecule has 0 spiro atoms. The minimum Gasteiger partial charge on any atom is -0.463 e. The Hall–Kier alpha value is -2.96. The van der Waals surface area contributed by atoms with Crippen LogP contribution in [0.5, 0.6) is 0 Å². The summed E-state index contributed by atoms with van der Waals surface area (Å²) in [6, 6.07) is 14.5. The van der Waals surface area contributed by atoms with Gasteiger partial charge in [-0.2, -0.15) is 0 Å². The minimum absolute atomic E-state index is 0.205. The number of nitrogens with zero attached hydrogens (tertiary/aromatic N) is 2. The molecule has 2 heterocycles. The van der Waals surface area contributed by atoms with E-state index in [0.717, 1.165) is 16.7 Å². The van der Waals surface area contributed by atoms with E-state index in [0.29, 0.717) is 25.6 Å². The Kier molecular flexibility index (Phi) is 5.94. The molecule has 7 heteroatoms. The van der Waals surface area contributed by atoms with E-state index < -0.39 is 12.0 Å². The maximum Gasteiger partial charge on any atom is 0.338 e. The highest BCUT2D eigenvalue weighted by atomic mass is 35.5. The van der Waals surface area contributed by atoms with Crippen LogP contribution in [0.25, 0.3) is 6.08 Å². The van der Waals surface area contributed by atoms with Crippen LogP contribution in [-0.2, 0) is 9.53 Å². The van der Waals surface area contributed by atoms with Crippen LogP contribution in [0.4, 0.5) is 0 Å². The van der Waals surface area contributed by atoms with Crippen LogP contribution in [0.1, 0.15) is 36.6 Å². The molecule has 0 saturated carbocycles. The van der Waals surface area contributed by atoms with E-state index in [1.165, 1.54) is 11.3 Å². The highest BCUT2D eigenvalue weighted by Crippen LogP contribution is 2.30. The molecular weight excluding hydrogens is 432 g/mol. The van der Waals surface area contributed by atoms with E-state index in [1.54, 1.807) is 36.6 Å². The standard InChI is InChI=1S/C24H21ClN2O3S/c1-4-30-23(29)20-15(3)26-24-27(21(20)17-10-8-14(2)9-11-17)22(28)19(31-24)13-16-6-5-7-18(25)12-16/h5-13,21H,4H2,1-3H3/b19-13-/t21-/m1/s1. The summed E-state index contributed by atoms with van der Waals surface area (Å²) in [5.41, 5.74) is 3.48. The summed E-state index contributed by atoms with van der Waals surface area (Å²) < 4.78 is 7.42. The molecule has 0 unspecified atom stereocenters. The number of benzene rings is 2. The quantitative estimate of drug-likeness (QED) is 0.566. The zero-order chi connectivity index (χ0) is 22.1. The first-order chi connectivity index (χ1) is 14.9. The SMILES string of the molecule is CCOC(=O)C1=C(C)N=c2s/c(=C\c3cccc(Cl)c3)c(=O)n2[C@@H]1c1ccc(C)cc1. The molecule has 1 aliphatic heterocycles.